The first kappa shape index (κ1) is 12.2. The van der Waals surface area contributed by atoms with Crippen LogP contribution in [-0.4, -0.2) is 25.3 Å². The van der Waals surface area contributed by atoms with Gasteiger partial charge in [0.1, 0.15) is 0 Å². The summed E-state index contributed by atoms with van der Waals surface area (Å²) >= 11 is 5.54. The zero-order valence-corrected chi connectivity index (χ0v) is 11.2. The summed E-state index contributed by atoms with van der Waals surface area (Å²) < 4.78 is 2.03. The van der Waals surface area contributed by atoms with Gasteiger partial charge >= 0.3 is 110 Å². The predicted molar refractivity (Wildman–Crippen MR) is 69.8 cm³/mol. The van der Waals surface area contributed by atoms with Gasteiger partial charge in [0.05, 0.1) is 0 Å². The van der Waals surface area contributed by atoms with Gasteiger partial charge in [0.15, 0.2) is 0 Å². The first-order chi connectivity index (χ1) is 8.16. The second-order valence-electron chi connectivity index (χ2n) is 3.37. The molecule has 0 saturated heterocycles. The molecule has 2 aromatic rings. The van der Waals surface area contributed by atoms with Crippen LogP contribution in [0.5, 0.6) is 5.75 Å². The van der Waals surface area contributed by atoms with E-state index in [0.29, 0.717) is 5.56 Å². The minimum absolute atomic E-state index is 0.00877. The van der Waals surface area contributed by atoms with Gasteiger partial charge in [-0.25, -0.2) is 0 Å². The molecule has 0 saturated carbocycles. The van der Waals surface area contributed by atoms with Crippen LogP contribution in [-0.2, 0) is 0 Å². The minimum atomic E-state index is -0.429. The molecular formula is C13H9ClO2Se. The van der Waals surface area contributed by atoms with E-state index in [1.807, 2.05) is 24.3 Å². The summed E-state index contributed by atoms with van der Waals surface area (Å²) in [6.07, 6.45) is 0. The van der Waals surface area contributed by atoms with E-state index in [-0.39, 0.29) is 20.7 Å². The van der Waals surface area contributed by atoms with Gasteiger partial charge in [0, 0.05) is 0 Å². The van der Waals surface area contributed by atoms with Gasteiger partial charge in [0.2, 0.25) is 0 Å². The molecular weight excluding hydrogens is 303 g/mol. The molecule has 0 aliphatic heterocycles. The van der Waals surface area contributed by atoms with Gasteiger partial charge in [-0.2, -0.15) is 0 Å². The molecule has 4 heteroatoms. The standard InChI is InChI=1S/C13H9ClO2Se/c14-13(16)11-3-1-2-4-12(11)17-10-7-5-9(15)6-8-10/h1-8,15H. The number of benzene rings is 2. The zero-order chi connectivity index (χ0) is 12.3. The van der Waals surface area contributed by atoms with Gasteiger partial charge in [-0.05, 0) is 0 Å². The molecule has 17 heavy (non-hydrogen) atoms. The summed E-state index contributed by atoms with van der Waals surface area (Å²) in [7, 11) is 0. The van der Waals surface area contributed by atoms with Crippen molar-refractivity contribution in [3.8, 4) is 5.75 Å². The molecule has 0 bridgehead atoms. The van der Waals surface area contributed by atoms with Crippen molar-refractivity contribution in [2.45, 2.75) is 0 Å². The van der Waals surface area contributed by atoms with Crippen molar-refractivity contribution in [1.82, 2.24) is 0 Å². The van der Waals surface area contributed by atoms with Crippen LogP contribution in [0.25, 0.3) is 0 Å². The predicted octanol–water partition coefficient (Wildman–Crippen LogP) is 1.43. The van der Waals surface area contributed by atoms with E-state index in [1.165, 1.54) is 0 Å². The summed E-state index contributed by atoms with van der Waals surface area (Å²) in [6.45, 7) is 0. The van der Waals surface area contributed by atoms with E-state index in [1.54, 1.807) is 24.3 Å². The Hall–Kier alpha value is -1.28. The summed E-state index contributed by atoms with van der Waals surface area (Å²) in [6, 6.07) is 14.3. The molecule has 2 aromatic carbocycles. The molecule has 0 aromatic heterocycles. The van der Waals surface area contributed by atoms with E-state index in [4.69, 9.17) is 11.6 Å². The van der Waals surface area contributed by atoms with Crippen molar-refractivity contribution in [3.63, 3.8) is 0 Å². The van der Waals surface area contributed by atoms with Gasteiger partial charge < -0.3 is 0 Å². The molecule has 2 rings (SSSR count). The molecule has 1 N–H and O–H groups in total. The van der Waals surface area contributed by atoms with Gasteiger partial charge in [0.25, 0.3) is 0 Å². The maximum absolute atomic E-state index is 11.2. The fraction of sp³-hybridized carbons (Fsp3) is 0. The van der Waals surface area contributed by atoms with Crippen LogP contribution in [0.1, 0.15) is 10.4 Å². The normalized spacial score (nSPS) is 10.2. The van der Waals surface area contributed by atoms with Crippen LogP contribution in [0, 0.1) is 0 Å². The second kappa shape index (κ2) is 5.37. The molecule has 0 spiro atoms. The van der Waals surface area contributed by atoms with E-state index in [2.05, 4.69) is 0 Å². The number of hydrogen-bond donors (Lipinski definition) is 1. The van der Waals surface area contributed by atoms with Crippen molar-refractivity contribution in [2.75, 3.05) is 0 Å². The fourth-order valence-corrected chi connectivity index (χ4v) is 3.63. The van der Waals surface area contributed by atoms with E-state index >= 15 is 0 Å². The van der Waals surface area contributed by atoms with Crippen molar-refractivity contribution in [1.29, 1.82) is 0 Å². The van der Waals surface area contributed by atoms with E-state index < -0.39 is 5.24 Å². The Morgan fingerprint density at radius 1 is 1.06 bits per heavy atom. The van der Waals surface area contributed by atoms with Crippen LogP contribution in [0.4, 0.5) is 0 Å². The Bertz CT molecular complexity index is 537. The SMILES string of the molecule is O=C(Cl)c1ccccc1[Se]c1ccc(O)cc1. The molecule has 0 atom stereocenters. The Labute approximate surface area is 110 Å². The fourth-order valence-electron chi connectivity index (χ4n) is 1.36. The Kier molecular flexibility index (Phi) is 3.85. The topological polar surface area (TPSA) is 37.3 Å². The van der Waals surface area contributed by atoms with Crippen molar-refractivity contribution in [3.05, 3.63) is 54.1 Å². The van der Waals surface area contributed by atoms with Crippen LogP contribution in [0.15, 0.2) is 48.5 Å². The summed E-state index contributed by atoms with van der Waals surface area (Å²) in [5.74, 6) is 0.242. The average molecular weight is 312 g/mol. The number of carbonyl (C=O) groups excluding carboxylic acids is 1. The first-order valence-electron chi connectivity index (χ1n) is 4.92. The number of rotatable bonds is 3. The van der Waals surface area contributed by atoms with Gasteiger partial charge in [-0.15, -0.1) is 0 Å². The van der Waals surface area contributed by atoms with Gasteiger partial charge in [-0.3, -0.25) is 0 Å². The number of aromatic hydroxyl groups is 1. The molecule has 2 nitrogen and oxygen atoms in total. The summed E-state index contributed by atoms with van der Waals surface area (Å²) in [4.78, 5) is 11.2. The molecule has 0 aliphatic rings. The van der Waals surface area contributed by atoms with E-state index in [9.17, 15) is 9.90 Å². The number of carbonyl (C=O) groups is 1. The number of halogens is 1. The van der Waals surface area contributed by atoms with Crippen LogP contribution in [0.3, 0.4) is 0 Å². The Morgan fingerprint density at radius 2 is 1.71 bits per heavy atom. The third kappa shape index (κ3) is 3.10. The molecule has 0 amide bonds. The number of phenolic OH excluding ortho intramolecular Hbond substituents is 1. The van der Waals surface area contributed by atoms with Crippen molar-refractivity contribution >= 4 is 40.7 Å². The van der Waals surface area contributed by atoms with Gasteiger partial charge in [-0.1, -0.05) is 0 Å². The summed E-state index contributed by atoms with van der Waals surface area (Å²) in [5.41, 5.74) is 0.558. The molecule has 0 unspecified atom stereocenters. The Morgan fingerprint density at radius 3 is 2.35 bits per heavy atom. The first-order valence-corrected chi connectivity index (χ1v) is 7.01. The maximum atomic E-state index is 11.2. The van der Waals surface area contributed by atoms with Crippen LogP contribution in [0.2, 0.25) is 0 Å². The monoisotopic (exact) mass is 312 g/mol. The summed E-state index contributed by atoms with van der Waals surface area (Å²) in [5, 5.41) is 8.77. The molecule has 0 aliphatic carbocycles. The zero-order valence-electron chi connectivity index (χ0n) is 8.76. The Balaban J connectivity index is 2.30. The average Bonchev–Trinajstić information content (AvgIpc) is 2.32. The van der Waals surface area contributed by atoms with Crippen LogP contribution >= 0.6 is 11.6 Å². The number of hydrogen-bond acceptors (Lipinski definition) is 2. The number of phenols is 1. The molecule has 0 heterocycles. The van der Waals surface area contributed by atoms with Crippen molar-refractivity contribution in [2.24, 2.45) is 0 Å². The second-order valence-corrected chi connectivity index (χ2v) is 6.05. The molecule has 0 fully saturated rings. The third-order valence-electron chi connectivity index (χ3n) is 2.16. The van der Waals surface area contributed by atoms with Crippen LogP contribution < -0.4 is 8.92 Å². The molecule has 0 radical (unpaired) electrons. The van der Waals surface area contributed by atoms with E-state index in [0.717, 1.165) is 8.92 Å². The van der Waals surface area contributed by atoms with Crippen molar-refractivity contribution < 1.29 is 9.90 Å². The quantitative estimate of drug-likeness (QED) is 0.688. The molecule has 86 valence electrons. The third-order valence-corrected chi connectivity index (χ3v) is 4.64.